The normalized spacial score (nSPS) is 20.6. The molecular formula is C11H16Br2N2O2S2. The average Bonchev–Trinajstić information content (AvgIpc) is 2.69. The highest BCUT2D eigenvalue weighted by Gasteiger charge is 2.32. The minimum absolute atomic E-state index is 0.131. The van der Waals surface area contributed by atoms with Crippen LogP contribution in [0, 0.1) is 5.92 Å². The zero-order valence-electron chi connectivity index (χ0n) is 10.5. The number of nitrogens with zero attached hydrogens (tertiary/aromatic N) is 1. The predicted molar refractivity (Wildman–Crippen MR) is 84.9 cm³/mol. The van der Waals surface area contributed by atoms with E-state index >= 15 is 0 Å². The standard InChI is InChI=1S/C11H16Br2N2O2S2/c1-7(14)8-2-4-15(5-3-8)19(16,17)9-6-10(12)18-11(9)13/h6-8H,2-5,14H2,1H3. The lowest BCUT2D eigenvalue weighted by Crippen LogP contribution is -2.42. The van der Waals surface area contributed by atoms with Crippen LogP contribution in [0.5, 0.6) is 0 Å². The molecule has 1 unspecified atom stereocenters. The van der Waals surface area contributed by atoms with Crippen LogP contribution in [0.4, 0.5) is 0 Å². The van der Waals surface area contributed by atoms with Crippen LogP contribution in [0.3, 0.4) is 0 Å². The summed E-state index contributed by atoms with van der Waals surface area (Å²) in [7, 11) is -3.39. The molecule has 1 aliphatic rings. The number of piperidine rings is 1. The van der Waals surface area contributed by atoms with Crippen molar-refractivity contribution in [3.8, 4) is 0 Å². The van der Waals surface area contributed by atoms with Crippen molar-refractivity contribution in [1.29, 1.82) is 0 Å². The minimum Gasteiger partial charge on any atom is -0.328 e. The predicted octanol–water partition coefficient (Wildman–Crippen LogP) is 3.02. The monoisotopic (exact) mass is 430 g/mol. The number of rotatable bonds is 3. The average molecular weight is 432 g/mol. The molecule has 0 aliphatic carbocycles. The molecular weight excluding hydrogens is 416 g/mol. The third-order valence-electron chi connectivity index (χ3n) is 3.49. The van der Waals surface area contributed by atoms with Crippen molar-refractivity contribution >= 4 is 53.2 Å². The zero-order valence-corrected chi connectivity index (χ0v) is 15.3. The van der Waals surface area contributed by atoms with Gasteiger partial charge < -0.3 is 5.73 Å². The Morgan fingerprint density at radius 1 is 1.42 bits per heavy atom. The molecule has 108 valence electrons. The first-order valence-corrected chi connectivity index (χ1v) is 9.87. The number of hydrogen-bond donors (Lipinski definition) is 1. The summed E-state index contributed by atoms with van der Waals surface area (Å²) in [4.78, 5) is 0.351. The summed E-state index contributed by atoms with van der Waals surface area (Å²) in [6, 6.07) is 1.79. The van der Waals surface area contributed by atoms with E-state index in [0.717, 1.165) is 16.6 Å². The number of halogens is 2. The van der Waals surface area contributed by atoms with Crippen LogP contribution in [0.25, 0.3) is 0 Å². The van der Waals surface area contributed by atoms with Crippen molar-refractivity contribution in [2.45, 2.75) is 30.7 Å². The Hall–Kier alpha value is 0.530. The highest BCUT2D eigenvalue weighted by atomic mass is 79.9. The summed E-state index contributed by atoms with van der Waals surface area (Å²) in [5.74, 6) is 0.420. The van der Waals surface area contributed by atoms with E-state index in [1.807, 2.05) is 6.92 Å². The summed E-state index contributed by atoms with van der Waals surface area (Å²) >= 11 is 8.01. The smallest absolute Gasteiger partial charge is 0.245 e. The van der Waals surface area contributed by atoms with Crippen molar-refractivity contribution in [2.75, 3.05) is 13.1 Å². The number of hydrogen-bond acceptors (Lipinski definition) is 4. The van der Waals surface area contributed by atoms with E-state index in [1.54, 1.807) is 10.4 Å². The topological polar surface area (TPSA) is 63.4 Å². The fourth-order valence-corrected chi connectivity index (χ4v) is 7.51. The first-order valence-electron chi connectivity index (χ1n) is 6.03. The van der Waals surface area contributed by atoms with E-state index in [0.29, 0.717) is 27.7 Å². The maximum absolute atomic E-state index is 12.5. The van der Waals surface area contributed by atoms with E-state index < -0.39 is 10.0 Å². The van der Waals surface area contributed by atoms with Crippen LogP contribution in [0.15, 0.2) is 18.5 Å². The highest BCUT2D eigenvalue weighted by molar-refractivity contribution is 9.12. The van der Waals surface area contributed by atoms with Crippen LogP contribution in [-0.4, -0.2) is 31.9 Å². The Labute approximate surface area is 134 Å². The molecule has 0 amide bonds. The lowest BCUT2D eigenvalue weighted by molar-refractivity contribution is 0.250. The van der Waals surface area contributed by atoms with Crippen LogP contribution in [-0.2, 0) is 10.0 Å². The molecule has 2 N–H and O–H groups in total. The van der Waals surface area contributed by atoms with Crippen molar-refractivity contribution in [1.82, 2.24) is 4.31 Å². The third kappa shape index (κ3) is 3.41. The minimum atomic E-state index is -3.39. The van der Waals surface area contributed by atoms with E-state index in [1.165, 1.54) is 11.3 Å². The molecule has 2 heterocycles. The largest absolute Gasteiger partial charge is 0.328 e. The number of thiophene rings is 1. The van der Waals surface area contributed by atoms with E-state index in [4.69, 9.17) is 5.73 Å². The molecule has 2 rings (SSSR count). The van der Waals surface area contributed by atoms with E-state index in [2.05, 4.69) is 31.9 Å². The van der Waals surface area contributed by atoms with Gasteiger partial charge in [0.15, 0.2) is 0 Å². The Morgan fingerprint density at radius 3 is 2.42 bits per heavy atom. The summed E-state index contributed by atoms with van der Waals surface area (Å²) in [6.45, 7) is 3.09. The summed E-state index contributed by atoms with van der Waals surface area (Å²) < 4.78 is 28.1. The van der Waals surface area contributed by atoms with Crippen molar-refractivity contribution < 1.29 is 8.42 Å². The molecule has 19 heavy (non-hydrogen) atoms. The molecule has 1 aromatic rings. The van der Waals surface area contributed by atoms with Gasteiger partial charge in [-0.1, -0.05) is 0 Å². The van der Waals surface area contributed by atoms with Crippen molar-refractivity contribution in [2.24, 2.45) is 11.7 Å². The lowest BCUT2D eigenvalue weighted by Gasteiger charge is -2.32. The van der Waals surface area contributed by atoms with Crippen molar-refractivity contribution in [3.05, 3.63) is 13.6 Å². The molecule has 0 radical (unpaired) electrons. The van der Waals surface area contributed by atoms with Gasteiger partial charge in [-0.15, -0.1) is 11.3 Å². The first kappa shape index (κ1) is 15.9. The molecule has 8 heteroatoms. The van der Waals surface area contributed by atoms with Gasteiger partial charge in [0.2, 0.25) is 10.0 Å². The van der Waals surface area contributed by atoms with Crippen LogP contribution in [0.2, 0.25) is 0 Å². The van der Waals surface area contributed by atoms with Crippen LogP contribution < -0.4 is 5.73 Å². The van der Waals surface area contributed by atoms with Gasteiger partial charge in [0, 0.05) is 19.1 Å². The van der Waals surface area contributed by atoms with Gasteiger partial charge in [-0.25, -0.2) is 8.42 Å². The third-order valence-corrected chi connectivity index (χ3v) is 8.14. The van der Waals surface area contributed by atoms with Crippen LogP contribution >= 0.6 is 43.2 Å². The van der Waals surface area contributed by atoms with Crippen molar-refractivity contribution in [3.63, 3.8) is 0 Å². The molecule has 1 aliphatic heterocycles. The lowest BCUT2D eigenvalue weighted by atomic mass is 9.92. The fourth-order valence-electron chi connectivity index (χ4n) is 2.28. The Bertz CT molecular complexity index is 549. The SMILES string of the molecule is CC(N)C1CCN(S(=O)(=O)c2cc(Br)sc2Br)CC1. The molecule has 4 nitrogen and oxygen atoms in total. The molecule has 1 aromatic heterocycles. The van der Waals surface area contributed by atoms with E-state index in [9.17, 15) is 8.42 Å². The second-order valence-corrected chi connectivity index (χ2v) is 10.4. The van der Waals surface area contributed by atoms with E-state index in [-0.39, 0.29) is 6.04 Å². The first-order chi connectivity index (χ1) is 8.82. The summed E-state index contributed by atoms with van der Waals surface area (Å²) in [5.41, 5.74) is 5.88. The van der Waals surface area contributed by atoms with Gasteiger partial charge in [-0.3, -0.25) is 0 Å². The Balaban J connectivity index is 2.16. The molecule has 0 bridgehead atoms. The van der Waals surface area contributed by atoms with Gasteiger partial charge in [-0.2, -0.15) is 4.31 Å². The molecule has 0 saturated carbocycles. The van der Waals surface area contributed by atoms with Gasteiger partial charge in [-0.05, 0) is 63.6 Å². The molecule has 1 saturated heterocycles. The summed E-state index contributed by atoms with van der Waals surface area (Å²) in [6.07, 6.45) is 1.67. The summed E-state index contributed by atoms with van der Waals surface area (Å²) in [5, 5.41) is 0. The highest BCUT2D eigenvalue weighted by Crippen LogP contribution is 2.37. The van der Waals surface area contributed by atoms with Gasteiger partial charge in [0.25, 0.3) is 0 Å². The molecule has 0 aromatic carbocycles. The van der Waals surface area contributed by atoms with Gasteiger partial charge in [0.05, 0.1) is 7.57 Å². The fraction of sp³-hybridized carbons (Fsp3) is 0.636. The Kier molecular flexibility index (Phi) is 5.12. The maximum Gasteiger partial charge on any atom is 0.245 e. The van der Waals surface area contributed by atoms with Gasteiger partial charge >= 0.3 is 0 Å². The second kappa shape index (κ2) is 6.11. The number of sulfonamides is 1. The quantitative estimate of drug-likeness (QED) is 0.799. The van der Waals surface area contributed by atoms with Gasteiger partial charge in [0.1, 0.15) is 4.90 Å². The van der Waals surface area contributed by atoms with Crippen LogP contribution in [0.1, 0.15) is 19.8 Å². The molecule has 1 fully saturated rings. The molecule has 0 spiro atoms. The zero-order chi connectivity index (χ0) is 14.2. The Morgan fingerprint density at radius 2 is 2.00 bits per heavy atom. The molecule has 1 atom stereocenters. The maximum atomic E-state index is 12.5. The second-order valence-electron chi connectivity index (χ2n) is 4.79. The number of nitrogens with two attached hydrogens (primary N) is 1.